The van der Waals surface area contributed by atoms with Crippen molar-refractivity contribution in [3.8, 4) is 0 Å². The Morgan fingerprint density at radius 1 is 0.865 bits per heavy atom. The third kappa shape index (κ3) is 5.64. The van der Waals surface area contributed by atoms with E-state index in [9.17, 15) is 31.1 Å². The molecule has 0 unspecified atom stereocenters. The van der Waals surface area contributed by atoms with Gasteiger partial charge in [0.2, 0.25) is 0 Å². The lowest BCUT2D eigenvalue weighted by Gasteiger charge is -2.29. The summed E-state index contributed by atoms with van der Waals surface area (Å²) in [4.78, 5) is 13.2. The number of ether oxygens (including phenoxy) is 1. The molecular weight excluding hydrogens is 494 g/mol. The Hall–Kier alpha value is -3.39. The van der Waals surface area contributed by atoms with E-state index in [-0.39, 0.29) is 30.4 Å². The van der Waals surface area contributed by atoms with Gasteiger partial charge in [0.15, 0.2) is 5.78 Å². The van der Waals surface area contributed by atoms with Gasteiger partial charge in [0, 0.05) is 17.4 Å². The lowest BCUT2D eigenvalue weighted by Crippen LogP contribution is -2.29. The Labute approximate surface area is 210 Å². The molecule has 3 aromatic rings. The molecule has 0 spiro atoms. The number of benzene rings is 3. The quantitative estimate of drug-likeness (QED) is 0.308. The molecule has 1 aliphatic carbocycles. The molecule has 0 amide bonds. The second-order valence-electron chi connectivity index (χ2n) is 9.29. The summed E-state index contributed by atoms with van der Waals surface area (Å²) in [5.41, 5.74) is -1.03. The summed E-state index contributed by atoms with van der Waals surface area (Å²) in [6, 6.07) is 17.9. The molecule has 37 heavy (non-hydrogen) atoms. The van der Waals surface area contributed by atoms with Crippen LogP contribution in [0.1, 0.15) is 52.8 Å². The first-order valence-corrected chi connectivity index (χ1v) is 11.6. The van der Waals surface area contributed by atoms with Crippen LogP contribution in [0.3, 0.4) is 0 Å². The van der Waals surface area contributed by atoms with Gasteiger partial charge < -0.3 is 4.74 Å². The summed E-state index contributed by atoms with van der Waals surface area (Å²) in [6.45, 7) is 3.17. The van der Waals surface area contributed by atoms with Gasteiger partial charge in [0.05, 0.1) is 23.8 Å². The fourth-order valence-electron chi connectivity index (χ4n) is 4.61. The van der Waals surface area contributed by atoms with Crippen LogP contribution < -0.4 is 0 Å². The van der Waals surface area contributed by atoms with Crippen molar-refractivity contribution >= 4 is 11.4 Å². The first-order valence-electron chi connectivity index (χ1n) is 11.6. The second kappa shape index (κ2) is 9.82. The Morgan fingerprint density at radius 3 is 2.00 bits per heavy atom. The van der Waals surface area contributed by atoms with Crippen molar-refractivity contribution in [2.45, 2.75) is 44.1 Å². The molecule has 8 heteroatoms. The van der Waals surface area contributed by atoms with Gasteiger partial charge in [-0.05, 0) is 54.3 Å². The van der Waals surface area contributed by atoms with Crippen molar-refractivity contribution in [3.05, 3.63) is 112 Å². The minimum absolute atomic E-state index is 0.0593. The van der Waals surface area contributed by atoms with E-state index in [1.807, 2.05) is 55.5 Å². The van der Waals surface area contributed by atoms with Crippen molar-refractivity contribution in [2.24, 2.45) is 0 Å². The predicted octanol–water partition coefficient (Wildman–Crippen LogP) is 8.10. The SMILES string of the molecule is Cc1ccccc1C1=C[C@@](CO[C@H](C)c2cc(C(F)(F)F)cc(C(F)(F)F)c2)(c2ccccc2)CC1=O. The largest absolute Gasteiger partial charge is 0.416 e. The molecule has 0 radical (unpaired) electrons. The normalized spacial score (nSPS) is 19.1. The van der Waals surface area contributed by atoms with Crippen LogP contribution in [-0.4, -0.2) is 12.4 Å². The molecule has 0 bridgehead atoms. The molecule has 2 nitrogen and oxygen atoms in total. The number of hydrogen-bond acceptors (Lipinski definition) is 2. The maximum atomic E-state index is 13.3. The van der Waals surface area contributed by atoms with E-state index in [2.05, 4.69) is 0 Å². The van der Waals surface area contributed by atoms with Crippen molar-refractivity contribution in [1.29, 1.82) is 0 Å². The summed E-state index contributed by atoms with van der Waals surface area (Å²) in [5.74, 6) is -0.118. The summed E-state index contributed by atoms with van der Waals surface area (Å²) in [5, 5.41) is 0. The van der Waals surface area contributed by atoms with Crippen LogP contribution in [0.4, 0.5) is 26.3 Å². The highest BCUT2D eigenvalue weighted by Gasteiger charge is 2.42. The number of carbonyl (C=O) groups is 1. The monoisotopic (exact) mass is 518 g/mol. The molecule has 0 saturated carbocycles. The summed E-state index contributed by atoms with van der Waals surface area (Å²) < 4.78 is 86.0. The van der Waals surface area contributed by atoms with Crippen LogP contribution in [0.5, 0.6) is 0 Å². The number of hydrogen-bond donors (Lipinski definition) is 0. The van der Waals surface area contributed by atoms with E-state index in [1.165, 1.54) is 6.92 Å². The topological polar surface area (TPSA) is 26.3 Å². The second-order valence-corrected chi connectivity index (χ2v) is 9.29. The lowest BCUT2D eigenvalue weighted by molar-refractivity contribution is -0.143. The maximum Gasteiger partial charge on any atom is 0.416 e. The third-order valence-corrected chi connectivity index (χ3v) is 6.65. The smallest absolute Gasteiger partial charge is 0.373 e. The van der Waals surface area contributed by atoms with E-state index >= 15 is 0 Å². The van der Waals surface area contributed by atoms with Gasteiger partial charge in [0.1, 0.15) is 0 Å². The number of alkyl halides is 6. The fraction of sp³-hybridized carbons (Fsp3) is 0.276. The van der Waals surface area contributed by atoms with Crippen molar-refractivity contribution in [1.82, 2.24) is 0 Å². The van der Waals surface area contributed by atoms with Gasteiger partial charge in [-0.2, -0.15) is 26.3 Å². The zero-order valence-corrected chi connectivity index (χ0v) is 20.1. The molecule has 1 aliphatic rings. The van der Waals surface area contributed by atoms with Crippen molar-refractivity contribution < 1.29 is 35.9 Å². The summed E-state index contributed by atoms with van der Waals surface area (Å²) in [6.07, 6.45) is -9.14. The number of aryl methyl sites for hydroxylation is 1. The van der Waals surface area contributed by atoms with E-state index < -0.39 is 35.0 Å². The number of rotatable bonds is 6. The maximum absolute atomic E-state index is 13.3. The van der Waals surface area contributed by atoms with Gasteiger partial charge in [-0.3, -0.25) is 4.79 Å². The van der Waals surface area contributed by atoms with Crippen LogP contribution in [0.2, 0.25) is 0 Å². The van der Waals surface area contributed by atoms with Gasteiger partial charge in [-0.1, -0.05) is 60.7 Å². The van der Waals surface area contributed by atoms with E-state index in [4.69, 9.17) is 4.74 Å². The Kier molecular flexibility index (Phi) is 7.08. The summed E-state index contributed by atoms with van der Waals surface area (Å²) in [7, 11) is 0. The first-order chi connectivity index (χ1) is 17.3. The fourth-order valence-corrected chi connectivity index (χ4v) is 4.61. The number of Topliss-reactive ketones (excluding diaryl/α,β-unsaturated/α-hetero) is 1. The molecule has 4 rings (SSSR count). The molecule has 2 atom stereocenters. The highest BCUT2D eigenvalue weighted by Crippen LogP contribution is 2.43. The van der Waals surface area contributed by atoms with Gasteiger partial charge >= 0.3 is 12.4 Å². The number of carbonyl (C=O) groups excluding carboxylic acids is 1. The Balaban J connectivity index is 1.71. The first kappa shape index (κ1) is 26.7. The number of allylic oxidation sites excluding steroid dienone is 1. The zero-order valence-electron chi connectivity index (χ0n) is 20.1. The highest BCUT2D eigenvalue weighted by atomic mass is 19.4. The van der Waals surface area contributed by atoms with Crippen LogP contribution in [0.25, 0.3) is 5.57 Å². The predicted molar refractivity (Wildman–Crippen MR) is 128 cm³/mol. The average molecular weight is 518 g/mol. The van der Waals surface area contributed by atoms with E-state index in [0.717, 1.165) is 16.7 Å². The van der Waals surface area contributed by atoms with Crippen molar-refractivity contribution in [3.63, 3.8) is 0 Å². The molecule has 0 saturated heterocycles. The number of halogens is 6. The molecular formula is C29H24F6O2. The van der Waals surface area contributed by atoms with Crippen LogP contribution in [-0.2, 0) is 27.3 Å². The van der Waals surface area contributed by atoms with Gasteiger partial charge in [0.25, 0.3) is 0 Å². The van der Waals surface area contributed by atoms with Gasteiger partial charge in [-0.25, -0.2) is 0 Å². The molecule has 0 aromatic heterocycles. The average Bonchev–Trinajstić information content (AvgIpc) is 3.19. The van der Waals surface area contributed by atoms with Crippen LogP contribution in [0.15, 0.2) is 78.9 Å². The minimum atomic E-state index is -4.95. The molecule has 0 aliphatic heterocycles. The number of ketones is 1. The molecule has 0 N–H and O–H groups in total. The summed E-state index contributed by atoms with van der Waals surface area (Å²) >= 11 is 0. The zero-order chi connectivity index (χ0) is 27.0. The van der Waals surface area contributed by atoms with E-state index in [0.29, 0.717) is 17.7 Å². The highest BCUT2D eigenvalue weighted by molar-refractivity contribution is 6.24. The molecule has 3 aromatic carbocycles. The van der Waals surface area contributed by atoms with Gasteiger partial charge in [-0.15, -0.1) is 0 Å². The third-order valence-electron chi connectivity index (χ3n) is 6.65. The van der Waals surface area contributed by atoms with E-state index in [1.54, 1.807) is 12.1 Å². The standard InChI is InChI=1S/C29H24F6O2/c1-18-8-6-7-11-24(18)25-15-27(16-26(25)36,21-9-4-3-5-10-21)17-37-19(2)20-12-22(28(30,31)32)14-23(13-20)29(33,34)35/h3-15,19H,16-17H2,1-2H3/t19-,27-/m1/s1. The molecule has 0 fully saturated rings. The minimum Gasteiger partial charge on any atom is -0.373 e. The molecule has 194 valence electrons. The Morgan fingerprint density at radius 2 is 1.43 bits per heavy atom. The lowest BCUT2D eigenvalue weighted by atomic mass is 9.80. The Bertz CT molecular complexity index is 1290. The van der Waals surface area contributed by atoms with Crippen molar-refractivity contribution in [2.75, 3.05) is 6.61 Å². The molecule has 0 heterocycles. The van der Waals surface area contributed by atoms with Crippen LogP contribution >= 0.6 is 0 Å². The van der Waals surface area contributed by atoms with Crippen LogP contribution in [0, 0.1) is 6.92 Å².